The molecule has 0 aliphatic carbocycles. The first-order valence-electron chi connectivity index (χ1n) is 10.1. The summed E-state index contributed by atoms with van der Waals surface area (Å²) in [6.07, 6.45) is 2.90. The highest BCUT2D eigenvalue weighted by molar-refractivity contribution is 6.02. The minimum atomic E-state index is -0.442. The van der Waals surface area contributed by atoms with Gasteiger partial charge in [-0.2, -0.15) is 0 Å². The third-order valence-corrected chi connectivity index (χ3v) is 4.94. The van der Waals surface area contributed by atoms with Gasteiger partial charge in [-0.25, -0.2) is 0 Å². The van der Waals surface area contributed by atoms with Crippen LogP contribution in [-0.4, -0.2) is 15.9 Å². The Bertz CT molecular complexity index is 1350. The van der Waals surface area contributed by atoms with Crippen molar-refractivity contribution in [3.8, 4) is 22.6 Å². The fraction of sp³-hybridized carbons (Fsp3) is 0.0800. The number of carbonyl (C=O) groups is 1. The van der Waals surface area contributed by atoms with Gasteiger partial charge in [0.25, 0.3) is 5.69 Å². The highest BCUT2D eigenvalue weighted by Crippen LogP contribution is 2.29. The van der Waals surface area contributed by atoms with E-state index in [0.29, 0.717) is 28.7 Å². The number of rotatable bonds is 7. The minimum Gasteiger partial charge on any atom is -0.459 e. The van der Waals surface area contributed by atoms with E-state index in [9.17, 15) is 14.9 Å². The number of anilines is 1. The lowest BCUT2D eigenvalue weighted by Gasteiger charge is -2.04. The van der Waals surface area contributed by atoms with Gasteiger partial charge in [0, 0.05) is 35.0 Å². The van der Waals surface area contributed by atoms with Crippen LogP contribution in [0, 0.1) is 17.0 Å². The third-order valence-electron chi connectivity index (χ3n) is 4.94. The number of nitrogens with zero attached hydrogens (tertiary/aromatic N) is 1. The molecule has 2 aromatic heterocycles. The number of aryl methyl sites for hydroxylation is 1. The molecule has 0 fully saturated rings. The largest absolute Gasteiger partial charge is 0.459 e. The molecule has 33 heavy (non-hydrogen) atoms. The van der Waals surface area contributed by atoms with E-state index >= 15 is 0 Å². The number of aliphatic hydroxyl groups excluding tert-OH is 1. The molecule has 8 nitrogen and oxygen atoms in total. The topological polar surface area (TPSA) is 119 Å². The summed E-state index contributed by atoms with van der Waals surface area (Å²) in [6, 6.07) is 18.6. The Balaban J connectivity index is 1.43. The van der Waals surface area contributed by atoms with Crippen molar-refractivity contribution >= 4 is 23.4 Å². The number of aliphatic hydroxyl groups is 1. The molecule has 0 bridgehead atoms. The number of amides is 1. The molecule has 2 heterocycles. The van der Waals surface area contributed by atoms with Crippen LogP contribution in [0.4, 0.5) is 11.4 Å². The number of carbonyl (C=O) groups excluding carboxylic acids is 1. The highest BCUT2D eigenvalue weighted by Gasteiger charge is 2.12. The molecule has 2 aromatic carbocycles. The zero-order valence-corrected chi connectivity index (χ0v) is 17.6. The average molecular weight is 444 g/mol. The van der Waals surface area contributed by atoms with Gasteiger partial charge >= 0.3 is 0 Å². The van der Waals surface area contributed by atoms with Crippen molar-refractivity contribution in [1.82, 2.24) is 0 Å². The Hall–Kier alpha value is -4.43. The van der Waals surface area contributed by atoms with Crippen LogP contribution in [0.3, 0.4) is 0 Å². The smallest absolute Gasteiger partial charge is 0.269 e. The second-order valence-corrected chi connectivity index (χ2v) is 7.29. The number of benzene rings is 2. The normalized spacial score (nSPS) is 11.1. The summed E-state index contributed by atoms with van der Waals surface area (Å²) in [7, 11) is 0. The summed E-state index contributed by atoms with van der Waals surface area (Å²) in [4.78, 5) is 22.8. The molecule has 0 unspecified atom stereocenters. The first-order valence-corrected chi connectivity index (χ1v) is 10.1. The standard InChI is InChI=1S/C25H20N2O6/c1-16-13-19(27(30)31)5-9-22(16)24-11-6-20(32-24)8-12-25(29)26-18-4-2-3-17(14-18)23-10-7-21(15-28)33-23/h2-14,28H,15H2,1H3,(H,26,29)/b12-8+. The lowest BCUT2D eigenvalue weighted by atomic mass is 10.1. The molecule has 0 aliphatic heterocycles. The lowest BCUT2D eigenvalue weighted by molar-refractivity contribution is -0.384. The van der Waals surface area contributed by atoms with Crippen LogP contribution in [0.2, 0.25) is 0 Å². The molecule has 0 atom stereocenters. The number of hydrogen-bond acceptors (Lipinski definition) is 6. The molecule has 0 spiro atoms. The van der Waals surface area contributed by atoms with E-state index < -0.39 is 4.92 Å². The zero-order valence-electron chi connectivity index (χ0n) is 17.6. The predicted molar refractivity (Wildman–Crippen MR) is 123 cm³/mol. The number of nitro benzene ring substituents is 1. The Morgan fingerprint density at radius 3 is 2.61 bits per heavy atom. The molecule has 4 rings (SSSR count). The maximum Gasteiger partial charge on any atom is 0.269 e. The molecule has 2 N–H and O–H groups in total. The van der Waals surface area contributed by atoms with Gasteiger partial charge in [0.15, 0.2) is 0 Å². The quantitative estimate of drug-likeness (QED) is 0.219. The van der Waals surface area contributed by atoms with E-state index in [1.54, 1.807) is 61.5 Å². The van der Waals surface area contributed by atoms with E-state index in [-0.39, 0.29) is 18.2 Å². The van der Waals surface area contributed by atoms with Crippen molar-refractivity contribution in [2.24, 2.45) is 0 Å². The van der Waals surface area contributed by atoms with E-state index in [4.69, 9.17) is 13.9 Å². The van der Waals surface area contributed by atoms with E-state index in [0.717, 1.165) is 16.7 Å². The van der Waals surface area contributed by atoms with Crippen molar-refractivity contribution in [2.75, 3.05) is 5.32 Å². The van der Waals surface area contributed by atoms with Gasteiger partial charge in [-0.15, -0.1) is 0 Å². The SMILES string of the molecule is Cc1cc([N+](=O)[O-])ccc1-c1ccc(/C=C/C(=O)Nc2cccc(-c3ccc(CO)o3)c2)o1. The zero-order chi connectivity index (χ0) is 23.4. The van der Waals surface area contributed by atoms with Crippen molar-refractivity contribution in [1.29, 1.82) is 0 Å². The minimum absolute atomic E-state index is 0.0181. The highest BCUT2D eigenvalue weighted by atomic mass is 16.6. The van der Waals surface area contributed by atoms with Crippen molar-refractivity contribution in [2.45, 2.75) is 13.5 Å². The Morgan fingerprint density at radius 2 is 1.88 bits per heavy atom. The van der Waals surface area contributed by atoms with Crippen LogP contribution >= 0.6 is 0 Å². The first kappa shape index (κ1) is 21.8. The van der Waals surface area contributed by atoms with Crippen molar-refractivity contribution in [3.63, 3.8) is 0 Å². The van der Waals surface area contributed by atoms with Crippen LogP contribution < -0.4 is 5.32 Å². The van der Waals surface area contributed by atoms with Crippen LogP contribution in [0.1, 0.15) is 17.1 Å². The summed E-state index contributed by atoms with van der Waals surface area (Å²) in [5.41, 5.74) is 2.83. The Labute approximate surface area is 188 Å². The molecule has 0 radical (unpaired) electrons. The van der Waals surface area contributed by atoms with Gasteiger partial charge in [0.2, 0.25) is 5.91 Å². The third kappa shape index (κ3) is 5.08. The molecule has 166 valence electrons. The maximum atomic E-state index is 12.4. The Kier molecular flexibility index (Phi) is 6.19. The summed E-state index contributed by atoms with van der Waals surface area (Å²) in [5, 5.41) is 22.8. The number of non-ortho nitro benzene ring substituents is 1. The average Bonchev–Trinajstić information content (AvgIpc) is 3.47. The summed E-state index contributed by atoms with van der Waals surface area (Å²) >= 11 is 0. The van der Waals surface area contributed by atoms with Gasteiger partial charge in [0.05, 0.1) is 4.92 Å². The van der Waals surface area contributed by atoms with Crippen LogP contribution in [0.25, 0.3) is 28.7 Å². The van der Waals surface area contributed by atoms with Crippen molar-refractivity contribution in [3.05, 3.63) is 100 Å². The van der Waals surface area contributed by atoms with Gasteiger partial charge in [-0.1, -0.05) is 12.1 Å². The van der Waals surface area contributed by atoms with Gasteiger partial charge in [-0.05, 0) is 61.0 Å². The molecule has 0 aliphatic rings. The van der Waals surface area contributed by atoms with Gasteiger partial charge < -0.3 is 19.3 Å². The van der Waals surface area contributed by atoms with Crippen LogP contribution in [0.5, 0.6) is 0 Å². The van der Waals surface area contributed by atoms with Crippen LogP contribution in [0.15, 0.2) is 81.6 Å². The van der Waals surface area contributed by atoms with Crippen molar-refractivity contribution < 1.29 is 23.7 Å². The molecule has 0 saturated carbocycles. The predicted octanol–water partition coefficient (Wildman–Crippen LogP) is 5.57. The molecule has 8 heteroatoms. The van der Waals surface area contributed by atoms with E-state index in [2.05, 4.69) is 5.32 Å². The fourth-order valence-corrected chi connectivity index (χ4v) is 3.34. The summed E-state index contributed by atoms with van der Waals surface area (Å²) in [5.74, 6) is 1.74. The number of hydrogen-bond donors (Lipinski definition) is 2. The molecule has 0 saturated heterocycles. The molecule has 1 amide bonds. The summed E-state index contributed by atoms with van der Waals surface area (Å²) in [6.45, 7) is 1.59. The van der Waals surface area contributed by atoms with Gasteiger partial charge in [-0.3, -0.25) is 14.9 Å². The lowest BCUT2D eigenvalue weighted by Crippen LogP contribution is -2.07. The second-order valence-electron chi connectivity index (χ2n) is 7.29. The molecular weight excluding hydrogens is 424 g/mol. The van der Waals surface area contributed by atoms with E-state index in [1.165, 1.54) is 18.2 Å². The monoisotopic (exact) mass is 444 g/mol. The second kappa shape index (κ2) is 9.37. The van der Waals surface area contributed by atoms with Gasteiger partial charge in [0.1, 0.15) is 29.6 Å². The first-order chi connectivity index (χ1) is 15.9. The molecular formula is C25H20N2O6. The number of nitro groups is 1. The Morgan fingerprint density at radius 1 is 1.06 bits per heavy atom. The van der Waals surface area contributed by atoms with Crippen LogP contribution in [-0.2, 0) is 11.4 Å². The van der Waals surface area contributed by atoms with E-state index in [1.807, 2.05) is 6.07 Å². The maximum absolute atomic E-state index is 12.4. The number of furan rings is 2. The fourth-order valence-electron chi connectivity index (χ4n) is 3.34. The molecule has 4 aromatic rings. The summed E-state index contributed by atoms with van der Waals surface area (Å²) < 4.78 is 11.3. The number of nitrogens with one attached hydrogen (secondary N) is 1.